The first kappa shape index (κ1) is 19.5. The number of ether oxygens (including phenoxy) is 3. The van der Waals surface area contributed by atoms with Crippen LogP contribution in [0.15, 0.2) is 84.9 Å². The summed E-state index contributed by atoms with van der Waals surface area (Å²) in [7, 11) is 0. The Balaban J connectivity index is 1.13. The molecule has 2 aliphatic rings. The second-order valence-corrected chi connectivity index (χ2v) is 7.98. The lowest BCUT2D eigenvalue weighted by Crippen LogP contribution is -2.41. The van der Waals surface area contributed by atoms with Gasteiger partial charge in [0.1, 0.15) is 18.3 Å². The molecular formula is C26H27NO3. The minimum atomic E-state index is -0.00726. The molecule has 1 N–H and O–H groups in total. The summed E-state index contributed by atoms with van der Waals surface area (Å²) in [6.07, 6.45) is 0.0493. The molecule has 2 fully saturated rings. The van der Waals surface area contributed by atoms with Crippen LogP contribution in [0, 0.1) is 0 Å². The van der Waals surface area contributed by atoms with E-state index in [-0.39, 0.29) is 24.4 Å². The van der Waals surface area contributed by atoms with Gasteiger partial charge in [-0.2, -0.15) is 0 Å². The van der Waals surface area contributed by atoms with Gasteiger partial charge in [0.05, 0.1) is 25.9 Å². The first-order valence-electron chi connectivity index (χ1n) is 10.6. The Hall–Kier alpha value is -2.50. The lowest BCUT2D eigenvalue weighted by molar-refractivity contribution is -0.0393. The van der Waals surface area contributed by atoms with Gasteiger partial charge < -0.3 is 19.5 Å². The van der Waals surface area contributed by atoms with Crippen molar-refractivity contribution in [2.45, 2.75) is 37.5 Å². The molecule has 3 aromatic carbocycles. The largest absolute Gasteiger partial charge is 0.371 e. The zero-order valence-corrected chi connectivity index (χ0v) is 16.9. The van der Waals surface area contributed by atoms with Crippen molar-refractivity contribution in [2.75, 3.05) is 13.2 Å². The van der Waals surface area contributed by atoms with Crippen molar-refractivity contribution in [1.29, 1.82) is 0 Å². The lowest BCUT2D eigenvalue weighted by atomic mass is 10.0. The third-order valence-electron chi connectivity index (χ3n) is 5.94. The molecule has 0 saturated carbocycles. The Labute approximate surface area is 177 Å². The average molecular weight is 402 g/mol. The van der Waals surface area contributed by atoms with E-state index in [9.17, 15) is 0 Å². The van der Waals surface area contributed by atoms with Crippen molar-refractivity contribution < 1.29 is 14.2 Å². The molecule has 2 heterocycles. The zero-order chi connectivity index (χ0) is 20.2. The van der Waals surface area contributed by atoms with Crippen molar-refractivity contribution in [3.63, 3.8) is 0 Å². The van der Waals surface area contributed by atoms with Gasteiger partial charge in [0.25, 0.3) is 0 Å². The van der Waals surface area contributed by atoms with Gasteiger partial charge in [-0.25, -0.2) is 0 Å². The molecule has 0 bridgehead atoms. The van der Waals surface area contributed by atoms with Gasteiger partial charge in [0.15, 0.2) is 0 Å². The summed E-state index contributed by atoms with van der Waals surface area (Å²) in [5, 5.41) is 3.62. The fourth-order valence-corrected chi connectivity index (χ4v) is 4.25. The summed E-state index contributed by atoms with van der Waals surface area (Å²) >= 11 is 0. The van der Waals surface area contributed by atoms with E-state index in [0.29, 0.717) is 19.8 Å². The molecule has 5 rings (SSSR count). The molecule has 0 unspecified atom stereocenters. The number of benzene rings is 3. The minimum absolute atomic E-state index is 0.00617. The number of hydrogen-bond donors (Lipinski definition) is 1. The summed E-state index contributed by atoms with van der Waals surface area (Å²) in [5.41, 5.74) is 4.91. The van der Waals surface area contributed by atoms with Crippen LogP contribution in [0.5, 0.6) is 0 Å². The van der Waals surface area contributed by atoms with E-state index < -0.39 is 0 Å². The van der Waals surface area contributed by atoms with E-state index in [1.165, 1.54) is 22.3 Å². The molecule has 4 atom stereocenters. The number of fused-ring (bicyclic) bond motifs is 1. The van der Waals surface area contributed by atoms with Gasteiger partial charge in [0.2, 0.25) is 0 Å². The molecule has 0 aliphatic carbocycles. The number of nitrogens with one attached hydrogen (secondary N) is 1. The highest BCUT2D eigenvalue weighted by molar-refractivity contribution is 5.63. The fraction of sp³-hybridized carbons (Fsp3) is 0.308. The highest BCUT2D eigenvalue weighted by atomic mass is 16.6. The first-order chi connectivity index (χ1) is 14.9. The second-order valence-electron chi connectivity index (χ2n) is 7.98. The molecular weight excluding hydrogens is 374 g/mol. The molecule has 0 spiro atoms. The Morgan fingerprint density at radius 3 is 2.13 bits per heavy atom. The average Bonchev–Trinajstić information content (AvgIpc) is 3.40. The van der Waals surface area contributed by atoms with Crippen LogP contribution in [0.3, 0.4) is 0 Å². The molecule has 0 amide bonds. The molecule has 2 aliphatic heterocycles. The molecule has 30 heavy (non-hydrogen) atoms. The second kappa shape index (κ2) is 9.11. The van der Waals surface area contributed by atoms with Crippen LogP contribution in [-0.2, 0) is 27.4 Å². The third kappa shape index (κ3) is 4.32. The highest BCUT2D eigenvalue weighted by Crippen LogP contribution is 2.29. The molecule has 154 valence electrons. The maximum absolute atomic E-state index is 6.09. The van der Waals surface area contributed by atoms with Crippen molar-refractivity contribution in [2.24, 2.45) is 0 Å². The fourth-order valence-electron chi connectivity index (χ4n) is 4.25. The van der Waals surface area contributed by atoms with E-state index in [4.69, 9.17) is 14.2 Å². The monoisotopic (exact) mass is 401 g/mol. The van der Waals surface area contributed by atoms with Crippen LogP contribution >= 0.6 is 0 Å². The van der Waals surface area contributed by atoms with Crippen molar-refractivity contribution in [1.82, 2.24) is 5.32 Å². The Morgan fingerprint density at radius 2 is 1.37 bits per heavy atom. The van der Waals surface area contributed by atoms with Gasteiger partial charge in [-0.05, 0) is 22.3 Å². The predicted octanol–water partition coefficient (Wildman–Crippen LogP) is 4.19. The Bertz CT molecular complexity index is 930. The van der Waals surface area contributed by atoms with Gasteiger partial charge in [-0.3, -0.25) is 0 Å². The molecule has 3 aromatic rings. The van der Waals surface area contributed by atoms with E-state index in [2.05, 4.69) is 66.0 Å². The van der Waals surface area contributed by atoms with Crippen LogP contribution in [0.2, 0.25) is 0 Å². The van der Waals surface area contributed by atoms with Gasteiger partial charge >= 0.3 is 0 Å². The van der Waals surface area contributed by atoms with E-state index >= 15 is 0 Å². The first-order valence-corrected chi connectivity index (χ1v) is 10.6. The number of hydrogen-bond acceptors (Lipinski definition) is 4. The molecule has 4 nitrogen and oxygen atoms in total. The minimum Gasteiger partial charge on any atom is -0.371 e. The normalized spacial score (nSPS) is 25.3. The van der Waals surface area contributed by atoms with Gasteiger partial charge in [-0.1, -0.05) is 84.9 Å². The van der Waals surface area contributed by atoms with Crippen LogP contribution < -0.4 is 5.32 Å². The van der Waals surface area contributed by atoms with Crippen molar-refractivity contribution in [3.05, 3.63) is 96.1 Å². The SMILES string of the molecule is c1ccc(CO[C@H]2CO[C@@H]3[C@@H]2OC[C@@H]3NCc2ccc(-c3ccccc3)cc2)cc1. The van der Waals surface area contributed by atoms with Crippen LogP contribution in [0.4, 0.5) is 0 Å². The molecule has 0 radical (unpaired) electrons. The smallest absolute Gasteiger partial charge is 0.114 e. The maximum atomic E-state index is 6.09. The standard InChI is InChI=1S/C26H27NO3/c1-3-7-20(8-4-1)16-28-24-18-30-25-23(17-29-26(24)25)27-15-19-11-13-22(14-12-19)21-9-5-2-6-10-21/h1-14,23-27H,15-18H2/t23-,24-,25-,26+/m0/s1. The topological polar surface area (TPSA) is 39.7 Å². The molecule has 0 aromatic heterocycles. The summed E-state index contributed by atoms with van der Waals surface area (Å²) in [6.45, 7) is 2.63. The summed E-state index contributed by atoms with van der Waals surface area (Å²) < 4.78 is 18.2. The van der Waals surface area contributed by atoms with E-state index in [1.807, 2.05) is 24.3 Å². The van der Waals surface area contributed by atoms with Crippen molar-refractivity contribution in [3.8, 4) is 11.1 Å². The van der Waals surface area contributed by atoms with E-state index in [1.54, 1.807) is 0 Å². The van der Waals surface area contributed by atoms with E-state index in [0.717, 1.165) is 6.54 Å². The highest BCUT2D eigenvalue weighted by Gasteiger charge is 2.48. The third-order valence-corrected chi connectivity index (χ3v) is 5.94. The maximum Gasteiger partial charge on any atom is 0.114 e. The Kier molecular flexibility index (Phi) is 5.91. The summed E-state index contributed by atoms with van der Waals surface area (Å²) in [5.74, 6) is 0. The lowest BCUT2D eigenvalue weighted by Gasteiger charge is -2.18. The van der Waals surface area contributed by atoms with Gasteiger partial charge in [-0.15, -0.1) is 0 Å². The van der Waals surface area contributed by atoms with Crippen LogP contribution in [0.25, 0.3) is 11.1 Å². The van der Waals surface area contributed by atoms with Crippen LogP contribution in [-0.4, -0.2) is 37.6 Å². The summed E-state index contributed by atoms with van der Waals surface area (Å²) in [4.78, 5) is 0. The Morgan fingerprint density at radius 1 is 0.700 bits per heavy atom. The van der Waals surface area contributed by atoms with Gasteiger partial charge in [0, 0.05) is 6.54 Å². The molecule has 4 heteroatoms. The summed E-state index contributed by atoms with van der Waals surface area (Å²) in [6, 6.07) is 29.6. The number of rotatable bonds is 7. The van der Waals surface area contributed by atoms with Crippen molar-refractivity contribution >= 4 is 0 Å². The zero-order valence-electron chi connectivity index (χ0n) is 16.9. The molecule has 2 saturated heterocycles. The predicted molar refractivity (Wildman–Crippen MR) is 117 cm³/mol. The quantitative estimate of drug-likeness (QED) is 0.644. The van der Waals surface area contributed by atoms with Crippen LogP contribution in [0.1, 0.15) is 11.1 Å².